The number of ether oxygens (including phenoxy) is 1. The van der Waals surface area contributed by atoms with Crippen LogP contribution in [0.1, 0.15) is 24.0 Å². The monoisotopic (exact) mass is 357 g/mol. The van der Waals surface area contributed by atoms with Crippen LogP contribution in [0.4, 0.5) is 5.69 Å². The van der Waals surface area contributed by atoms with Crippen molar-refractivity contribution in [2.24, 2.45) is 0 Å². The third-order valence-corrected chi connectivity index (χ3v) is 5.98. The van der Waals surface area contributed by atoms with E-state index in [0.717, 1.165) is 19.4 Å². The van der Waals surface area contributed by atoms with Gasteiger partial charge in [-0.05, 0) is 44.4 Å². The molecule has 0 spiro atoms. The molecule has 0 bridgehead atoms. The molecule has 8 nitrogen and oxygen atoms in total. The smallest absolute Gasteiger partial charge is 0.270 e. The zero-order valence-corrected chi connectivity index (χ0v) is 14.9. The van der Waals surface area contributed by atoms with Gasteiger partial charge in [0.05, 0.1) is 22.0 Å². The highest BCUT2D eigenvalue weighted by molar-refractivity contribution is 7.89. The van der Waals surface area contributed by atoms with Gasteiger partial charge in [0.15, 0.2) is 0 Å². The molecular formula is C15H23N3O5S. The summed E-state index contributed by atoms with van der Waals surface area (Å²) in [5.74, 6) is 0. The highest BCUT2D eigenvalue weighted by atomic mass is 32.2. The predicted molar refractivity (Wildman–Crippen MR) is 89.6 cm³/mol. The van der Waals surface area contributed by atoms with Gasteiger partial charge in [-0.3, -0.25) is 10.1 Å². The number of nitrogens with zero attached hydrogens (tertiary/aromatic N) is 1. The summed E-state index contributed by atoms with van der Waals surface area (Å²) in [6.07, 6.45) is 1.78. The predicted octanol–water partition coefficient (Wildman–Crippen LogP) is 1.26. The van der Waals surface area contributed by atoms with Gasteiger partial charge in [-0.2, -0.15) is 0 Å². The number of hydrogen-bond donors (Lipinski definition) is 2. The van der Waals surface area contributed by atoms with Crippen molar-refractivity contribution in [3.8, 4) is 0 Å². The fraction of sp³-hybridized carbons (Fsp3) is 0.600. The molecule has 1 saturated heterocycles. The molecule has 24 heavy (non-hydrogen) atoms. The lowest BCUT2D eigenvalue weighted by molar-refractivity contribution is -0.385. The number of nitrogens with one attached hydrogen (secondary N) is 2. The maximum Gasteiger partial charge on any atom is 0.270 e. The molecule has 134 valence electrons. The minimum Gasteiger partial charge on any atom is -0.383 e. The van der Waals surface area contributed by atoms with Crippen LogP contribution in [-0.4, -0.2) is 45.7 Å². The first-order valence-electron chi connectivity index (χ1n) is 7.70. The Hall–Kier alpha value is -1.55. The SMILES string of the molecule is COCC1(CNS(=O)(=O)c2c(C)cc([N+](=O)[O-])cc2C)CCCN1. The summed E-state index contributed by atoms with van der Waals surface area (Å²) in [7, 11) is -2.19. The molecule has 1 fully saturated rings. The number of benzene rings is 1. The number of rotatable bonds is 7. The first kappa shape index (κ1) is 18.8. The summed E-state index contributed by atoms with van der Waals surface area (Å²) in [4.78, 5) is 10.5. The molecule has 2 N–H and O–H groups in total. The first-order valence-corrected chi connectivity index (χ1v) is 9.18. The van der Waals surface area contributed by atoms with E-state index in [1.54, 1.807) is 21.0 Å². The summed E-state index contributed by atoms with van der Waals surface area (Å²) in [6, 6.07) is 2.56. The molecule has 1 aromatic rings. The molecule has 1 aromatic carbocycles. The van der Waals surface area contributed by atoms with Crippen LogP contribution in [0.15, 0.2) is 17.0 Å². The Morgan fingerprint density at radius 2 is 2.00 bits per heavy atom. The quantitative estimate of drug-likeness (QED) is 0.561. The molecule has 0 aliphatic carbocycles. The van der Waals surface area contributed by atoms with Gasteiger partial charge in [0.1, 0.15) is 0 Å². The lowest BCUT2D eigenvalue weighted by atomic mass is 9.99. The average Bonchev–Trinajstić information content (AvgIpc) is 2.94. The average molecular weight is 357 g/mol. The largest absolute Gasteiger partial charge is 0.383 e. The van der Waals surface area contributed by atoms with Crippen molar-refractivity contribution in [1.82, 2.24) is 10.0 Å². The fourth-order valence-electron chi connectivity index (χ4n) is 3.23. The highest BCUT2D eigenvalue weighted by Crippen LogP contribution is 2.26. The number of aryl methyl sites for hydroxylation is 2. The van der Waals surface area contributed by atoms with E-state index >= 15 is 0 Å². The topological polar surface area (TPSA) is 111 Å². The van der Waals surface area contributed by atoms with Crippen molar-refractivity contribution in [3.63, 3.8) is 0 Å². The Labute approximate surface area is 141 Å². The maximum atomic E-state index is 12.7. The number of hydrogen-bond acceptors (Lipinski definition) is 6. The number of methoxy groups -OCH3 is 1. The molecule has 1 aliphatic heterocycles. The summed E-state index contributed by atoms with van der Waals surface area (Å²) in [5, 5.41) is 14.2. The molecule has 1 unspecified atom stereocenters. The van der Waals surface area contributed by atoms with Crippen molar-refractivity contribution in [3.05, 3.63) is 33.4 Å². The second kappa shape index (κ2) is 7.14. The second-order valence-corrected chi connectivity index (χ2v) is 7.94. The van der Waals surface area contributed by atoms with Gasteiger partial charge in [-0.25, -0.2) is 13.1 Å². The van der Waals surface area contributed by atoms with Crippen LogP contribution in [0.25, 0.3) is 0 Å². The van der Waals surface area contributed by atoms with Crippen LogP contribution in [0.3, 0.4) is 0 Å². The number of nitro benzene ring substituents is 1. The van der Waals surface area contributed by atoms with E-state index in [1.807, 2.05) is 0 Å². The van der Waals surface area contributed by atoms with Gasteiger partial charge in [-0.1, -0.05) is 0 Å². The van der Waals surface area contributed by atoms with Gasteiger partial charge in [0.2, 0.25) is 10.0 Å². The van der Waals surface area contributed by atoms with Gasteiger partial charge >= 0.3 is 0 Å². The Morgan fingerprint density at radius 1 is 1.38 bits per heavy atom. The zero-order valence-electron chi connectivity index (χ0n) is 14.1. The molecule has 0 saturated carbocycles. The minimum atomic E-state index is -3.78. The van der Waals surface area contributed by atoms with E-state index in [9.17, 15) is 18.5 Å². The normalized spacial score (nSPS) is 21.1. The lowest BCUT2D eigenvalue weighted by Gasteiger charge is -2.29. The summed E-state index contributed by atoms with van der Waals surface area (Å²) in [6.45, 7) is 4.56. The van der Waals surface area contributed by atoms with Crippen molar-refractivity contribution >= 4 is 15.7 Å². The lowest BCUT2D eigenvalue weighted by Crippen LogP contribution is -2.53. The highest BCUT2D eigenvalue weighted by Gasteiger charge is 2.35. The van der Waals surface area contributed by atoms with Crippen molar-refractivity contribution in [2.45, 2.75) is 37.1 Å². The van der Waals surface area contributed by atoms with Gasteiger partial charge in [-0.15, -0.1) is 0 Å². The van der Waals surface area contributed by atoms with E-state index in [1.165, 1.54) is 12.1 Å². The summed E-state index contributed by atoms with van der Waals surface area (Å²) >= 11 is 0. The van der Waals surface area contributed by atoms with Crippen molar-refractivity contribution in [2.75, 3.05) is 26.8 Å². The van der Waals surface area contributed by atoms with Crippen LogP contribution in [0, 0.1) is 24.0 Å². The Kier molecular flexibility index (Phi) is 5.59. The fourth-order valence-corrected chi connectivity index (χ4v) is 4.81. The van der Waals surface area contributed by atoms with E-state index < -0.39 is 20.5 Å². The summed E-state index contributed by atoms with van der Waals surface area (Å²) < 4.78 is 33.3. The van der Waals surface area contributed by atoms with Crippen LogP contribution in [0.2, 0.25) is 0 Å². The molecule has 1 aliphatic rings. The second-order valence-electron chi connectivity index (χ2n) is 6.23. The van der Waals surface area contributed by atoms with Gasteiger partial charge in [0.25, 0.3) is 5.69 Å². The molecule has 1 atom stereocenters. The molecule has 0 aromatic heterocycles. The van der Waals surface area contributed by atoms with Crippen LogP contribution >= 0.6 is 0 Å². The standard InChI is InChI=1S/C15H23N3O5S/c1-11-7-13(18(19)20)8-12(2)14(11)24(21,22)17-9-15(10-23-3)5-4-6-16-15/h7-8,16-17H,4-6,9-10H2,1-3H3. The number of non-ortho nitro benzene ring substituents is 1. The van der Waals surface area contributed by atoms with E-state index in [2.05, 4.69) is 10.0 Å². The van der Waals surface area contributed by atoms with Crippen LogP contribution in [0.5, 0.6) is 0 Å². The molecule has 0 amide bonds. The van der Waals surface area contributed by atoms with Crippen LogP contribution in [-0.2, 0) is 14.8 Å². The van der Waals surface area contributed by atoms with Crippen molar-refractivity contribution in [1.29, 1.82) is 0 Å². The number of nitro groups is 1. The van der Waals surface area contributed by atoms with E-state index in [0.29, 0.717) is 17.7 Å². The Bertz CT molecular complexity index is 704. The zero-order chi connectivity index (χ0) is 18.0. The molecule has 1 heterocycles. The molecule has 0 radical (unpaired) electrons. The Morgan fingerprint density at radius 3 is 2.46 bits per heavy atom. The minimum absolute atomic E-state index is 0.0960. The summed E-state index contributed by atoms with van der Waals surface area (Å²) in [5.41, 5.74) is 0.186. The third kappa shape index (κ3) is 3.92. The van der Waals surface area contributed by atoms with E-state index in [4.69, 9.17) is 4.74 Å². The van der Waals surface area contributed by atoms with Crippen molar-refractivity contribution < 1.29 is 18.1 Å². The molecule has 2 rings (SSSR count). The van der Waals surface area contributed by atoms with Crippen LogP contribution < -0.4 is 10.0 Å². The maximum absolute atomic E-state index is 12.7. The first-order chi connectivity index (χ1) is 11.2. The van der Waals surface area contributed by atoms with Gasteiger partial charge < -0.3 is 10.1 Å². The third-order valence-electron chi connectivity index (χ3n) is 4.28. The van der Waals surface area contributed by atoms with E-state index in [-0.39, 0.29) is 17.1 Å². The molecule has 9 heteroatoms. The number of sulfonamides is 1. The Balaban J connectivity index is 2.26. The molecular weight excluding hydrogens is 334 g/mol. The van der Waals surface area contributed by atoms with Gasteiger partial charge in [0, 0.05) is 25.8 Å².